The lowest BCUT2D eigenvalue weighted by Gasteiger charge is -2.21. The Morgan fingerprint density at radius 2 is 1.58 bits per heavy atom. The fraction of sp³-hybridized carbons (Fsp3) is 0.250. The fourth-order valence-corrected chi connectivity index (χ4v) is 2.68. The Kier molecular flexibility index (Phi) is 6.11. The lowest BCUT2D eigenvalue weighted by atomic mass is 10.1. The Hall–Kier alpha value is -2.99. The van der Waals surface area contributed by atoms with Crippen LogP contribution in [-0.2, 0) is 29.2 Å². The highest BCUT2D eigenvalue weighted by Gasteiger charge is 2.14. The molecule has 0 aliphatic rings. The zero-order valence-electron chi connectivity index (χ0n) is 14.8. The van der Waals surface area contributed by atoms with Crippen molar-refractivity contribution in [3.8, 4) is 0 Å². The zero-order chi connectivity index (χ0) is 18.2. The Morgan fingerprint density at radius 3 is 2.08 bits per heavy atom. The Bertz CT molecular complexity index is 777. The number of ether oxygens (including phenoxy) is 1. The number of aromatic nitrogens is 3. The Balaban J connectivity index is 1.61. The van der Waals surface area contributed by atoms with E-state index < -0.39 is 0 Å². The topological polar surface area (TPSA) is 71.1 Å². The third-order valence-electron chi connectivity index (χ3n) is 3.86. The van der Waals surface area contributed by atoms with Gasteiger partial charge in [-0.25, -0.2) is 4.98 Å². The smallest absolute Gasteiger partial charge is 0.320 e. The van der Waals surface area contributed by atoms with Crippen LogP contribution in [0.25, 0.3) is 0 Å². The third kappa shape index (κ3) is 5.53. The Morgan fingerprint density at radius 1 is 1.00 bits per heavy atom. The summed E-state index contributed by atoms with van der Waals surface area (Å²) in [7, 11) is 0. The maximum Gasteiger partial charge on any atom is 0.320 e. The van der Waals surface area contributed by atoms with Crippen LogP contribution in [-0.4, -0.2) is 32.6 Å². The summed E-state index contributed by atoms with van der Waals surface area (Å²) < 4.78 is 5.32. The van der Waals surface area contributed by atoms with E-state index in [1.165, 1.54) is 0 Å². The normalized spacial score (nSPS) is 10.8. The van der Waals surface area contributed by atoms with E-state index in [0.29, 0.717) is 24.7 Å². The van der Waals surface area contributed by atoms with Gasteiger partial charge in [-0.05, 0) is 18.1 Å². The number of rotatable bonds is 8. The molecule has 0 aliphatic carbocycles. The van der Waals surface area contributed by atoms with Gasteiger partial charge >= 0.3 is 5.97 Å². The van der Waals surface area contributed by atoms with E-state index in [9.17, 15) is 4.79 Å². The van der Waals surface area contributed by atoms with Crippen molar-refractivity contribution in [1.82, 2.24) is 20.1 Å². The van der Waals surface area contributed by atoms with Crippen LogP contribution in [0.4, 0.5) is 0 Å². The number of aromatic amines is 1. The first-order valence-corrected chi connectivity index (χ1v) is 8.53. The van der Waals surface area contributed by atoms with Crippen LogP contribution in [0.1, 0.15) is 22.8 Å². The molecule has 2 aromatic carbocycles. The maximum atomic E-state index is 12.3. The number of esters is 1. The predicted octanol–water partition coefficient (Wildman–Crippen LogP) is 2.86. The third-order valence-corrected chi connectivity index (χ3v) is 3.86. The molecule has 6 heteroatoms. The van der Waals surface area contributed by atoms with E-state index >= 15 is 0 Å². The standard InChI is InChI=1S/C20H22N4O2/c1-16-21-19(23-22-16)15-26-20(25)14-24(12-17-8-4-2-5-9-17)13-18-10-6-3-7-11-18/h2-11H,12-15H2,1H3,(H,21,22,23). The van der Waals surface area contributed by atoms with Gasteiger partial charge in [0.25, 0.3) is 0 Å². The minimum atomic E-state index is -0.292. The van der Waals surface area contributed by atoms with E-state index in [1.54, 1.807) is 6.92 Å². The highest BCUT2D eigenvalue weighted by molar-refractivity contribution is 5.71. The number of hydrogen-bond acceptors (Lipinski definition) is 5. The van der Waals surface area contributed by atoms with Gasteiger partial charge in [0.1, 0.15) is 5.82 Å². The number of aryl methyl sites for hydroxylation is 1. The molecule has 0 unspecified atom stereocenters. The van der Waals surface area contributed by atoms with E-state index in [4.69, 9.17) is 4.74 Å². The van der Waals surface area contributed by atoms with Crippen LogP contribution in [0.2, 0.25) is 0 Å². The van der Waals surface area contributed by atoms with Gasteiger partial charge in [-0.1, -0.05) is 60.7 Å². The van der Waals surface area contributed by atoms with Crippen molar-refractivity contribution in [2.24, 2.45) is 0 Å². The van der Waals surface area contributed by atoms with Crippen molar-refractivity contribution in [2.75, 3.05) is 6.54 Å². The first-order valence-electron chi connectivity index (χ1n) is 8.53. The highest BCUT2D eigenvalue weighted by atomic mass is 16.5. The van der Waals surface area contributed by atoms with Gasteiger partial charge in [0.2, 0.25) is 0 Å². The second kappa shape index (κ2) is 8.92. The van der Waals surface area contributed by atoms with Crippen LogP contribution >= 0.6 is 0 Å². The average molecular weight is 350 g/mol. The van der Waals surface area contributed by atoms with Crippen molar-refractivity contribution in [3.05, 3.63) is 83.4 Å². The first-order chi connectivity index (χ1) is 12.7. The molecular formula is C20H22N4O2. The van der Waals surface area contributed by atoms with Crippen molar-refractivity contribution in [1.29, 1.82) is 0 Å². The number of H-pyrrole nitrogens is 1. The summed E-state index contributed by atoms with van der Waals surface area (Å²) in [6.07, 6.45) is 0. The summed E-state index contributed by atoms with van der Waals surface area (Å²) in [6.45, 7) is 3.43. The summed E-state index contributed by atoms with van der Waals surface area (Å²) >= 11 is 0. The highest BCUT2D eigenvalue weighted by Crippen LogP contribution is 2.10. The molecule has 6 nitrogen and oxygen atoms in total. The van der Waals surface area contributed by atoms with Crippen LogP contribution in [0, 0.1) is 6.92 Å². The van der Waals surface area contributed by atoms with E-state index in [-0.39, 0.29) is 19.1 Å². The Labute approximate surface area is 152 Å². The number of hydrogen-bond donors (Lipinski definition) is 1. The summed E-state index contributed by atoms with van der Waals surface area (Å²) in [5.74, 6) is 0.888. The van der Waals surface area contributed by atoms with Gasteiger partial charge in [-0.3, -0.25) is 14.8 Å². The van der Waals surface area contributed by atoms with Gasteiger partial charge in [0.15, 0.2) is 12.4 Å². The number of carbonyl (C=O) groups excluding carboxylic acids is 1. The second-order valence-electron chi connectivity index (χ2n) is 6.11. The van der Waals surface area contributed by atoms with Crippen molar-refractivity contribution < 1.29 is 9.53 Å². The number of carbonyl (C=O) groups is 1. The number of nitrogens with one attached hydrogen (secondary N) is 1. The van der Waals surface area contributed by atoms with Crippen molar-refractivity contribution >= 4 is 5.97 Å². The molecule has 0 saturated carbocycles. The quantitative estimate of drug-likeness (QED) is 0.633. The van der Waals surface area contributed by atoms with Gasteiger partial charge in [0.05, 0.1) is 6.54 Å². The summed E-state index contributed by atoms with van der Waals surface area (Å²) in [6, 6.07) is 20.2. The van der Waals surface area contributed by atoms with Crippen LogP contribution < -0.4 is 0 Å². The maximum absolute atomic E-state index is 12.3. The van der Waals surface area contributed by atoms with Gasteiger partial charge in [-0.2, -0.15) is 5.10 Å². The molecule has 0 bridgehead atoms. The molecular weight excluding hydrogens is 328 g/mol. The lowest BCUT2D eigenvalue weighted by molar-refractivity contribution is -0.146. The zero-order valence-corrected chi connectivity index (χ0v) is 14.8. The molecule has 134 valence electrons. The van der Waals surface area contributed by atoms with Gasteiger partial charge < -0.3 is 4.74 Å². The molecule has 26 heavy (non-hydrogen) atoms. The largest absolute Gasteiger partial charge is 0.456 e. The molecule has 0 atom stereocenters. The molecule has 0 fully saturated rings. The predicted molar refractivity (Wildman–Crippen MR) is 97.9 cm³/mol. The van der Waals surface area contributed by atoms with Crippen LogP contribution in [0.3, 0.4) is 0 Å². The lowest BCUT2D eigenvalue weighted by Crippen LogP contribution is -2.30. The molecule has 3 rings (SSSR count). The SMILES string of the molecule is Cc1nc(COC(=O)CN(Cc2ccccc2)Cc2ccccc2)n[nH]1. The second-order valence-corrected chi connectivity index (χ2v) is 6.11. The van der Waals surface area contributed by atoms with Crippen LogP contribution in [0.15, 0.2) is 60.7 Å². The molecule has 0 radical (unpaired) electrons. The first kappa shape index (κ1) is 17.8. The molecule has 0 amide bonds. The van der Waals surface area contributed by atoms with Crippen LogP contribution in [0.5, 0.6) is 0 Å². The minimum Gasteiger partial charge on any atom is -0.456 e. The molecule has 1 heterocycles. The van der Waals surface area contributed by atoms with Crippen molar-refractivity contribution in [3.63, 3.8) is 0 Å². The monoisotopic (exact) mass is 350 g/mol. The van der Waals surface area contributed by atoms with Gasteiger partial charge in [0, 0.05) is 13.1 Å². The van der Waals surface area contributed by atoms with E-state index in [1.807, 2.05) is 36.4 Å². The number of benzene rings is 2. The summed E-state index contributed by atoms with van der Waals surface area (Å²) in [4.78, 5) is 18.5. The van der Waals surface area contributed by atoms with Crippen molar-refractivity contribution in [2.45, 2.75) is 26.6 Å². The molecule has 0 spiro atoms. The summed E-state index contributed by atoms with van der Waals surface area (Å²) in [5, 5.41) is 6.71. The minimum absolute atomic E-state index is 0.0771. The molecule has 1 N–H and O–H groups in total. The van der Waals surface area contributed by atoms with E-state index in [2.05, 4.69) is 44.3 Å². The molecule has 0 aliphatic heterocycles. The summed E-state index contributed by atoms with van der Waals surface area (Å²) in [5.41, 5.74) is 2.31. The molecule has 1 aromatic heterocycles. The molecule has 0 saturated heterocycles. The number of nitrogens with zero attached hydrogens (tertiary/aromatic N) is 3. The molecule has 3 aromatic rings. The average Bonchev–Trinajstić information content (AvgIpc) is 3.07. The fourth-order valence-electron chi connectivity index (χ4n) is 2.68. The van der Waals surface area contributed by atoms with E-state index in [0.717, 1.165) is 11.1 Å². The van der Waals surface area contributed by atoms with Gasteiger partial charge in [-0.15, -0.1) is 0 Å².